The van der Waals surface area contributed by atoms with E-state index in [1.807, 2.05) is 0 Å². The van der Waals surface area contributed by atoms with Gasteiger partial charge < -0.3 is 15.1 Å². The summed E-state index contributed by atoms with van der Waals surface area (Å²) in [7, 11) is 0. The topological polar surface area (TPSA) is 98.1 Å². The summed E-state index contributed by atoms with van der Waals surface area (Å²) in [5.41, 5.74) is 5.65. The molecule has 2 aliphatic rings. The number of hydrogen-bond donors (Lipinski definition) is 1. The Balaban J connectivity index is 1.37. The third kappa shape index (κ3) is 3.34. The number of rotatable bonds is 6. The number of aromatic nitrogens is 3. The first kappa shape index (κ1) is 15.7. The number of nitrogens with zero attached hydrogens (tertiary/aromatic N) is 4. The summed E-state index contributed by atoms with van der Waals surface area (Å²) in [5.74, 6) is 2.27. The van der Waals surface area contributed by atoms with Crippen LogP contribution in [-0.2, 0) is 4.79 Å². The quantitative estimate of drug-likeness (QED) is 0.801. The van der Waals surface area contributed by atoms with Gasteiger partial charge in [-0.15, -0.1) is 0 Å². The summed E-state index contributed by atoms with van der Waals surface area (Å²) < 4.78 is 5.45. The highest BCUT2D eigenvalue weighted by Crippen LogP contribution is 2.36. The SMILES string of the molecule is Nc1ncc(-c2noc(C3CCN(C(C=O)CC4CC4)CC3)n2)s1. The largest absolute Gasteiger partial charge is 0.375 e. The molecule has 2 aromatic heterocycles. The van der Waals surface area contributed by atoms with E-state index in [2.05, 4.69) is 20.0 Å². The van der Waals surface area contributed by atoms with E-state index in [1.54, 1.807) is 6.20 Å². The first-order valence-electron chi connectivity index (χ1n) is 8.47. The molecule has 1 aliphatic heterocycles. The summed E-state index contributed by atoms with van der Waals surface area (Å²) in [4.78, 5) is 23.0. The molecule has 1 saturated heterocycles. The number of piperidine rings is 1. The Labute approximate surface area is 144 Å². The van der Waals surface area contributed by atoms with Crippen molar-refractivity contribution in [3.8, 4) is 10.7 Å². The number of thiazole rings is 1. The van der Waals surface area contributed by atoms with Gasteiger partial charge in [-0.1, -0.05) is 29.3 Å². The molecule has 4 rings (SSSR count). The van der Waals surface area contributed by atoms with Gasteiger partial charge in [0.2, 0.25) is 11.7 Å². The number of nitrogens with two attached hydrogens (primary N) is 1. The zero-order valence-electron chi connectivity index (χ0n) is 13.4. The fourth-order valence-electron chi connectivity index (χ4n) is 3.36. The Kier molecular flexibility index (Phi) is 4.32. The van der Waals surface area contributed by atoms with E-state index in [9.17, 15) is 4.79 Å². The van der Waals surface area contributed by atoms with Crippen LogP contribution in [0.1, 0.15) is 43.9 Å². The third-order valence-electron chi connectivity index (χ3n) is 4.96. The normalized spacial score (nSPS) is 21.0. The lowest BCUT2D eigenvalue weighted by atomic mass is 9.95. The third-order valence-corrected chi connectivity index (χ3v) is 5.78. The maximum absolute atomic E-state index is 11.4. The molecule has 1 saturated carbocycles. The Hall–Kier alpha value is -1.80. The second kappa shape index (κ2) is 6.60. The molecule has 128 valence electrons. The fourth-order valence-corrected chi connectivity index (χ4v) is 3.97. The van der Waals surface area contributed by atoms with Crippen molar-refractivity contribution in [2.75, 3.05) is 18.8 Å². The molecule has 1 atom stereocenters. The number of carbonyl (C=O) groups excluding carboxylic acids is 1. The monoisotopic (exact) mass is 347 g/mol. The van der Waals surface area contributed by atoms with E-state index in [0.717, 1.165) is 49.4 Å². The number of carbonyl (C=O) groups is 1. The molecule has 0 amide bonds. The second-order valence-electron chi connectivity index (χ2n) is 6.71. The van der Waals surface area contributed by atoms with E-state index in [1.165, 1.54) is 24.2 Å². The number of hydrogen-bond acceptors (Lipinski definition) is 8. The number of anilines is 1. The predicted octanol–water partition coefficient (Wildman–Crippen LogP) is 2.32. The van der Waals surface area contributed by atoms with E-state index in [0.29, 0.717) is 16.8 Å². The van der Waals surface area contributed by atoms with Crippen LogP contribution in [0.15, 0.2) is 10.7 Å². The Morgan fingerprint density at radius 2 is 2.17 bits per heavy atom. The van der Waals surface area contributed by atoms with E-state index in [4.69, 9.17) is 10.3 Å². The zero-order chi connectivity index (χ0) is 16.5. The van der Waals surface area contributed by atoms with Gasteiger partial charge in [-0.3, -0.25) is 4.90 Å². The van der Waals surface area contributed by atoms with Gasteiger partial charge in [-0.25, -0.2) is 4.98 Å². The molecule has 1 unspecified atom stereocenters. The van der Waals surface area contributed by atoms with Gasteiger partial charge in [0.05, 0.1) is 17.1 Å². The van der Waals surface area contributed by atoms with E-state index in [-0.39, 0.29) is 12.0 Å². The van der Waals surface area contributed by atoms with Crippen LogP contribution >= 0.6 is 11.3 Å². The molecular formula is C16H21N5O2S. The summed E-state index contributed by atoms with van der Waals surface area (Å²) in [6.45, 7) is 1.82. The predicted molar refractivity (Wildman–Crippen MR) is 90.6 cm³/mol. The highest BCUT2D eigenvalue weighted by molar-refractivity contribution is 7.18. The van der Waals surface area contributed by atoms with E-state index >= 15 is 0 Å². The lowest BCUT2D eigenvalue weighted by molar-refractivity contribution is -0.113. The maximum atomic E-state index is 11.4. The van der Waals surface area contributed by atoms with Crippen molar-refractivity contribution < 1.29 is 9.32 Å². The summed E-state index contributed by atoms with van der Waals surface area (Å²) in [6, 6.07) is 0.0804. The molecule has 2 aromatic rings. The van der Waals surface area contributed by atoms with Gasteiger partial charge in [0.25, 0.3) is 0 Å². The van der Waals surface area contributed by atoms with Gasteiger partial charge in [0, 0.05) is 5.92 Å². The van der Waals surface area contributed by atoms with Crippen molar-refractivity contribution >= 4 is 22.8 Å². The summed E-state index contributed by atoms with van der Waals surface area (Å²) >= 11 is 1.35. The summed E-state index contributed by atoms with van der Waals surface area (Å²) in [5, 5.41) is 4.55. The molecule has 1 aliphatic carbocycles. The van der Waals surface area contributed by atoms with E-state index < -0.39 is 0 Å². The van der Waals surface area contributed by atoms with Crippen molar-refractivity contribution in [3.05, 3.63) is 12.1 Å². The van der Waals surface area contributed by atoms with Crippen LogP contribution in [0, 0.1) is 5.92 Å². The van der Waals surface area contributed by atoms with Crippen molar-refractivity contribution in [1.82, 2.24) is 20.0 Å². The molecular weight excluding hydrogens is 326 g/mol. The second-order valence-corrected chi connectivity index (χ2v) is 7.77. The van der Waals surface area contributed by atoms with Crippen LogP contribution in [0.3, 0.4) is 0 Å². The van der Waals surface area contributed by atoms with Crippen molar-refractivity contribution in [2.45, 2.75) is 44.1 Å². The fraction of sp³-hybridized carbons (Fsp3) is 0.625. The first-order chi connectivity index (χ1) is 11.7. The highest BCUT2D eigenvalue weighted by atomic mass is 32.1. The molecule has 0 spiro atoms. The van der Waals surface area contributed by atoms with Crippen molar-refractivity contribution in [2.24, 2.45) is 5.92 Å². The van der Waals surface area contributed by atoms with Crippen LogP contribution in [0.4, 0.5) is 5.13 Å². The number of nitrogen functional groups attached to an aromatic ring is 1. The zero-order valence-corrected chi connectivity index (χ0v) is 14.2. The smallest absolute Gasteiger partial charge is 0.230 e. The number of aldehydes is 1. The van der Waals surface area contributed by atoms with Crippen LogP contribution < -0.4 is 5.73 Å². The summed E-state index contributed by atoms with van der Waals surface area (Å²) in [6.07, 6.45) is 8.28. The van der Waals surface area contributed by atoms with Crippen LogP contribution in [0.5, 0.6) is 0 Å². The lowest BCUT2D eigenvalue weighted by Gasteiger charge is -2.34. The maximum Gasteiger partial charge on any atom is 0.230 e. The van der Waals surface area contributed by atoms with Gasteiger partial charge in [-0.05, 0) is 38.3 Å². The van der Waals surface area contributed by atoms with Gasteiger partial charge in [-0.2, -0.15) is 4.98 Å². The van der Waals surface area contributed by atoms with Crippen molar-refractivity contribution in [1.29, 1.82) is 0 Å². The minimum absolute atomic E-state index is 0.0804. The minimum atomic E-state index is 0.0804. The van der Waals surface area contributed by atoms with Gasteiger partial charge >= 0.3 is 0 Å². The van der Waals surface area contributed by atoms with Gasteiger partial charge in [0.1, 0.15) is 6.29 Å². The average molecular weight is 347 g/mol. The molecule has 24 heavy (non-hydrogen) atoms. The molecule has 2 N–H and O–H groups in total. The Morgan fingerprint density at radius 3 is 2.79 bits per heavy atom. The number of likely N-dealkylation sites (tertiary alicyclic amines) is 1. The molecule has 7 nitrogen and oxygen atoms in total. The molecule has 0 aromatic carbocycles. The average Bonchev–Trinajstić information content (AvgIpc) is 3.10. The van der Waals surface area contributed by atoms with Crippen LogP contribution in [-0.4, -0.2) is 45.4 Å². The first-order valence-corrected chi connectivity index (χ1v) is 9.29. The Bertz CT molecular complexity index is 703. The molecule has 0 bridgehead atoms. The standard InChI is InChI=1S/C16H21N5O2S/c17-16-18-8-13(24-16)14-19-15(23-20-14)11-3-5-21(6-4-11)12(9-22)7-10-1-2-10/h8-12H,1-7H2,(H2,17,18). The Morgan fingerprint density at radius 1 is 1.38 bits per heavy atom. The van der Waals surface area contributed by atoms with Crippen molar-refractivity contribution in [3.63, 3.8) is 0 Å². The lowest BCUT2D eigenvalue weighted by Crippen LogP contribution is -2.42. The van der Waals surface area contributed by atoms with Crippen LogP contribution in [0.25, 0.3) is 10.7 Å². The molecule has 0 radical (unpaired) electrons. The minimum Gasteiger partial charge on any atom is -0.375 e. The van der Waals surface area contributed by atoms with Crippen LogP contribution in [0.2, 0.25) is 0 Å². The van der Waals surface area contributed by atoms with Gasteiger partial charge in [0.15, 0.2) is 5.13 Å². The highest BCUT2D eigenvalue weighted by Gasteiger charge is 2.32. The molecule has 2 fully saturated rings. The molecule has 8 heteroatoms. The molecule has 3 heterocycles.